The SMILES string of the molecule is C=CC=Cc1cscn1. The first kappa shape index (κ1) is 6.23. The van der Waals surface area contributed by atoms with Crippen LogP contribution in [0.25, 0.3) is 6.08 Å². The summed E-state index contributed by atoms with van der Waals surface area (Å²) in [4.78, 5) is 4.04. The highest BCUT2D eigenvalue weighted by molar-refractivity contribution is 7.07. The smallest absolute Gasteiger partial charge is 0.0798 e. The lowest BCUT2D eigenvalue weighted by atomic mass is 10.4. The van der Waals surface area contributed by atoms with Crippen LogP contribution >= 0.6 is 11.3 Å². The van der Waals surface area contributed by atoms with Gasteiger partial charge in [0.05, 0.1) is 11.2 Å². The summed E-state index contributed by atoms with van der Waals surface area (Å²) in [5.74, 6) is 0. The molecule has 1 rings (SSSR count). The van der Waals surface area contributed by atoms with E-state index in [2.05, 4.69) is 11.6 Å². The van der Waals surface area contributed by atoms with Crippen molar-refractivity contribution in [2.75, 3.05) is 0 Å². The van der Waals surface area contributed by atoms with Crippen molar-refractivity contribution in [2.24, 2.45) is 0 Å². The van der Waals surface area contributed by atoms with E-state index < -0.39 is 0 Å². The molecule has 0 N–H and O–H groups in total. The van der Waals surface area contributed by atoms with Crippen LogP contribution in [0, 0.1) is 0 Å². The minimum atomic E-state index is 1.000. The highest BCUT2D eigenvalue weighted by Gasteiger charge is 1.82. The molecule has 0 atom stereocenters. The lowest BCUT2D eigenvalue weighted by molar-refractivity contribution is 1.38. The molecule has 46 valence electrons. The van der Waals surface area contributed by atoms with E-state index in [-0.39, 0.29) is 0 Å². The third kappa shape index (κ3) is 1.82. The molecule has 1 aromatic rings. The maximum atomic E-state index is 4.04. The van der Waals surface area contributed by atoms with Gasteiger partial charge in [0, 0.05) is 5.38 Å². The molecule has 0 aromatic carbocycles. The van der Waals surface area contributed by atoms with E-state index in [0.717, 1.165) is 5.69 Å². The van der Waals surface area contributed by atoms with Gasteiger partial charge in [0.2, 0.25) is 0 Å². The van der Waals surface area contributed by atoms with Gasteiger partial charge < -0.3 is 0 Å². The average molecular weight is 137 g/mol. The van der Waals surface area contributed by atoms with Crippen LogP contribution in [0.3, 0.4) is 0 Å². The van der Waals surface area contributed by atoms with E-state index in [1.807, 2.05) is 23.0 Å². The Morgan fingerprint density at radius 2 is 2.56 bits per heavy atom. The van der Waals surface area contributed by atoms with Crippen molar-refractivity contribution in [3.05, 3.63) is 35.3 Å². The second-order valence-electron chi connectivity index (χ2n) is 1.51. The highest BCUT2D eigenvalue weighted by atomic mass is 32.1. The van der Waals surface area contributed by atoms with Crippen molar-refractivity contribution in [3.63, 3.8) is 0 Å². The zero-order valence-electron chi connectivity index (χ0n) is 4.95. The van der Waals surface area contributed by atoms with Crippen molar-refractivity contribution in [1.29, 1.82) is 0 Å². The molecular weight excluding hydrogens is 130 g/mol. The quantitative estimate of drug-likeness (QED) is 0.570. The van der Waals surface area contributed by atoms with Gasteiger partial charge in [-0.25, -0.2) is 4.98 Å². The van der Waals surface area contributed by atoms with Crippen molar-refractivity contribution in [3.8, 4) is 0 Å². The number of nitrogens with zero attached hydrogens (tertiary/aromatic N) is 1. The summed E-state index contributed by atoms with van der Waals surface area (Å²) in [7, 11) is 0. The lowest BCUT2D eigenvalue weighted by Crippen LogP contribution is -1.63. The number of thiazole rings is 1. The summed E-state index contributed by atoms with van der Waals surface area (Å²) >= 11 is 1.59. The predicted molar refractivity (Wildman–Crippen MR) is 41.3 cm³/mol. The van der Waals surface area contributed by atoms with Crippen LogP contribution in [-0.2, 0) is 0 Å². The number of aromatic nitrogens is 1. The minimum Gasteiger partial charge on any atom is -0.245 e. The fourth-order valence-electron chi connectivity index (χ4n) is 0.471. The van der Waals surface area contributed by atoms with Crippen LogP contribution < -0.4 is 0 Å². The predicted octanol–water partition coefficient (Wildman–Crippen LogP) is 2.34. The van der Waals surface area contributed by atoms with Gasteiger partial charge in [-0.15, -0.1) is 11.3 Å². The molecule has 2 heteroatoms. The maximum Gasteiger partial charge on any atom is 0.0798 e. The molecule has 0 bridgehead atoms. The summed E-state index contributed by atoms with van der Waals surface area (Å²) in [5.41, 5.74) is 2.81. The Bertz CT molecular complexity index is 199. The molecule has 0 radical (unpaired) electrons. The second kappa shape index (κ2) is 3.20. The molecule has 1 nitrogen and oxygen atoms in total. The van der Waals surface area contributed by atoms with Crippen LogP contribution in [0.15, 0.2) is 29.6 Å². The van der Waals surface area contributed by atoms with Gasteiger partial charge in [-0.2, -0.15) is 0 Å². The van der Waals surface area contributed by atoms with Crippen molar-refractivity contribution >= 4 is 17.4 Å². The van der Waals surface area contributed by atoms with Crippen LogP contribution in [-0.4, -0.2) is 4.98 Å². The van der Waals surface area contributed by atoms with Crippen LogP contribution in [0.5, 0.6) is 0 Å². The Balaban J connectivity index is 2.67. The summed E-state index contributed by atoms with van der Waals surface area (Å²) in [5, 5.41) is 1.99. The summed E-state index contributed by atoms with van der Waals surface area (Å²) in [6.07, 6.45) is 5.53. The average Bonchev–Trinajstić information content (AvgIpc) is 2.34. The lowest BCUT2D eigenvalue weighted by Gasteiger charge is -1.75. The second-order valence-corrected chi connectivity index (χ2v) is 2.23. The Labute approximate surface area is 58.4 Å². The van der Waals surface area contributed by atoms with Crippen molar-refractivity contribution in [2.45, 2.75) is 0 Å². The molecule has 0 saturated heterocycles. The van der Waals surface area contributed by atoms with E-state index in [0.29, 0.717) is 0 Å². The van der Waals surface area contributed by atoms with E-state index in [4.69, 9.17) is 0 Å². The van der Waals surface area contributed by atoms with Crippen molar-refractivity contribution < 1.29 is 0 Å². The molecule has 0 amide bonds. The molecule has 1 aromatic heterocycles. The molecular formula is C7H7NS. The topological polar surface area (TPSA) is 12.9 Å². The van der Waals surface area contributed by atoms with Gasteiger partial charge in [0.1, 0.15) is 0 Å². The number of allylic oxidation sites excluding steroid dienone is 2. The van der Waals surface area contributed by atoms with Crippen LogP contribution in [0.1, 0.15) is 5.69 Å². The fraction of sp³-hybridized carbons (Fsp3) is 0. The summed E-state index contributed by atoms with van der Waals surface area (Å²) in [6, 6.07) is 0. The third-order valence-corrected chi connectivity index (χ3v) is 1.46. The molecule has 9 heavy (non-hydrogen) atoms. The van der Waals surface area contributed by atoms with Crippen molar-refractivity contribution in [1.82, 2.24) is 4.98 Å². The molecule has 0 fully saturated rings. The molecule has 0 aliphatic heterocycles. The van der Waals surface area contributed by atoms with Gasteiger partial charge in [-0.3, -0.25) is 0 Å². The van der Waals surface area contributed by atoms with E-state index in [1.54, 1.807) is 17.4 Å². The standard InChI is InChI=1S/C7H7NS/c1-2-3-4-7-5-9-6-8-7/h2-6H,1H2. The van der Waals surface area contributed by atoms with Gasteiger partial charge >= 0.3 is 0 Å². The zero-order chi connectivity index (χ0) is 6.53. The van der Waals surface area contributed by atoms with Gasteiger partial charge in [0.15, 0.2) is 0 Å². The maximum absolute atomic E-state index is 4.04. The largest absolute Gasteiger partial charge is 0.245 e. The number of rotatable bonds is 2. The first-order chi connectivity index (χ1) is 4.43. The van der Waals surface area contributed by atoms with Gasteiger partial charge in [-0.1, -0.05) is 18.7 Å². The normalized spacial score (nSPS) is 10.2. The Hall–Kier alpha value is -0.890. The molecule has 0 aliphatic carbocycles. The van der Waals surface area contributed by atoms with E-state index >= 15 is 0 Å². The first-order valence-electron chi connectivity index (χ1n) is 2.61. The molecule has 0 spiro atoms. The highest BCUT2D eigenvalue weighted by Crippen LogP contribution is 2.01. The van der Waals surface area contributed by atoms with Crippen LogP contribution in [0.2, 0.25) is 0 Å². The number of hydrogen-bond donors (Lipinski definition) is 0. The fourth-order valence-corrected chi connectivity index (χ4v) is 0.993. The Morgan fingerprint density at radius 3 is 3.11 bits per heavy atom. The zero-order valence-corrected chi connectivity index (χ0v) is 5.77. The number of hydrogen-bond acceptors (Lipinski definition) is 2. The monoisotopic (exact) mass is 137 g/mol. The minimum absolute atomic E-state index is 1.000. The Morgan fingerprint density at radius 1 is 1.67 bits per heavy atom. The third-order valence-electron chi connectivity index (χ3n) is 0.854. The van der Waals surface area contributed by atoms with Crippen LogP contribution in [0.4, 0.5) is 0 Å². The molecule has 0 unspecified atom stereocenters. The first-order valence-corrected chi connectivity index (χ1v) is 3.55. The summed E-state index contributed by atoms with van der Waals surface area (Å²) in [6.45, 7) is 3.55. The van der Waals surface area contributed by atoms with Gasteiger partial charge in [0.25, 0.3) is 0 Å². The van der Waals surface area contributed by atoms with E-state index in [1.165, 1.54) is 0 Å². The van der Waals surface area contributed by atoms with Gasteiger partial charge in [-0.05, 0) is 6.08 Å². The Kier molecular flexibility index (Phi) is 2.22. The molecule has 0 aliphatic rings. The molecule has 1 heterocycles. The summed E-state index contributed by atoms with van der Waals surface area (Å²) < 4.78 is 0. The van der Waals surface area contributed by atoms with E-state index in [9.17, 15) is 0 Å². The molecule has 0 saturated carbocycles.